The molecule has 3 nitrogen and oxygen atoms in total. The van der Waals surface area contributed by atoms with E-state index in [9.17, 15) is 4.39 Å². The highest BCUT2D eigenvalue weighted by Crippen LogP contribution is 2.18. The summed E-state index contributed by atoms with van der Waals surface area (Å²) >= 11 is 0. The molecule has 0 fully saturated rings. The van der Waals surface area contributed by atoms with Crippen molar-refractivity contribution >= 4 is 0 Å². The first-order chi connectivity index (χ1) is 13.2. The van der Waals surface area contributed by atoms with Crippen LogP contribution in [0, 0.1) is 17.3 Å². The molecule has 1 heterocycles. The lowest BCUT2D eigenvalue weighted by Gasteiger charge is -2.05. The van der Waals surface area contributed by atoms with Crippen LogP contribution in [-0.2, 0) is 6.42 Å². The summed E-state index contributed by atoms with van der Waals surface area (Å²) in [6.07, 6.45) is 15.0. The summed E-state index contributed by atoms with van der Waals surface area (Å²) in [6, 6.07) is 8.93. The molecule has 0 unspecified atom stereocenters. The zero-order chi connectivity index (χ0) is 19.3. The average molecular weight is 368 g/mol. The van der Waals surface area contributed by atoms with Crippen LogP contribution in [0.15, 0.2) is 30.5 Å². The third-order valence-corrected chi connectivity index (χ3v) is 4.88. The predicted molar refractivity (Wildman–Crippen MR) is 108 cm³/mol. The highest BCUT2D eigenvalue weighted by molar-refractivity contribution is 5.56. The Balaban J connectivity index is 1.69. The van der Waals surface area contributed by atoms with Crippen molar-refractivity contribution in [3.63, 3.8) is 0 Å². The van der Waals surface area contributed by atoms with E-state index in [1.54, 1.807) is 30.5 Å². The van der Waals surface area contributed by atoms with Gasteiger partial charge in [0.2, 0.25) is 5.95 Å². The number of hydrogen-bond donors (Lipinski definition) is 0. The Labute approximate surface area is 162 Å². The van der Waals surface area contributed by atoms with Crippen LogP contribution in [0.4, 0.5) is 4.39 Å². The number of nitrogens with zero attached hydrogens (tertiary/aromatic N) is 3. The second-order valence-electron chi connectivity index (χ2n) is 7.13. The second kappa shape index (κ2) is 12.2. The highest BCUT2D eigenvalue weighted by Gasteiger charge is 2.08. The van der Waals surface area contributed by atoms with Crippen LogP contribution >= 0.6 is 0 Å². The molecule has 0 bridgehead atoms. The minimum absolute atomic E-state index is 0.365. The van der Waals surface area contributed by atoms with E-state index in [0.29, 0.717) is 23.4 Å². The molecule has 27 heavy (non-hydrogen) atoms. The van der Waals surface area contributed by atoms with Crippen molar-refractivity contribution in [1.82, 2.24) is 9.97 Å². The van der Waals surface area contributed by atoms with E-state index in [1.165, 1.54) is 51.4 Å². The van der Waals surface area contributed by atoms with Gasteiger partial charge in [-0.3, -0.25) is 0 Å². The molecule has 0 saturated heterocycles. The van der Waals surface area contributed by atoms with Crippen molar-refractivity contribution in [2.75, 3.05) is 0 Å². The fourth-order valence-electron chi connectivity index (χ4n) is 3.19. The number of aryl methyl sites for hydroxylation is 1. The van der Waals surface area contributed by atoms with E-state index in [4.69, 9.17) is 5.26 Å². The SMILES string of the molecule is CCCCCCCCCCCCc1cnc(-c2ccc(C#N)cc2)nc1F. The van der Waals surface area contributed by atoms with Gasteiger partial charge in [-0.1, -0.05) is 64.7 Å². The molecule has 144 valence electrons. The maximum absolute atomic E-state index is 14.3. The minimum atomic E-state index is -0.430. The minimum Gasteiger partial charge on any atom is -0.236 e. The predicted octanol–water partition coefficient (Wildman–Crippen LogP) is 6.62. The van der Waals surface area contributed by atoms with Crippen LogP contribution in [0.3, 0.4) is 0 Å². The molecule has 0 aliphatic heterocycles. The summed E-state index contributed by atoms with van der Waals surface area (Å²) in [5.41, 5.74) is 1.88. The van der Waals surface area contributed by atoms with Crippen molar-refractivity contribution in [3.8, 4) is 17.5 Å². The summed E-state index contributed by atoms with van der Waals surface area (Å²) < 4.78 is 14.3. The molecular weight excluding hydrogens is 337 g/mol. The Bertz CT molecular complexity index is 719. The van der Waals surface area contributed by atoms with Crippen LogP contribution in [0.2, 0.25) is 0 Å². The quantitative estimate of drug-likeness (QED) is 0.313. The van der Waals surface area contributed by atoms with Crippen molar-refractivity contribution in [1.29, 1.82) is 5.26 Å². The Hall–Kier alpha value is -2.28. The van der Waals surface area contributed by atoms with Crippen molar-refractivity contribution < 1.29 is 4.39 Å². The maximum Gasteiger partial charge on any atom is 0.219 e. The van der Waals surface area contributed by atoms with E-state index < -0.39 is 5.95 Å². The Kier molecular flexibility index (Phi) is 9.48. The molecule has 0 amide bonds. The lowest BCUT2D eigenvalue weighted by atomic mass is 10.0. The van der Waals surface area contributed by atoms with Gasteiger partial charge >= 0.3 is 0 Å². The van der Waals surface area contributed by atoms with Gasteiger partial charge in [-0.25, -0.2) is 4.98 Å². The van der Waals surface area contributed by atoms with Crippen molar-refractivity contribution in [2.24, 2.45) is 0 Å². The summed E-state index contributed by atoms with van der Waals surface area (Å²) in [4.78, 5) is 8.30. The number of halogens is 1. The zero-order valence-corrected chi connectivity index (χ0v) is 16.4. The lowest BCUT2D eigenvalue weighted by molar-refractivity contribution is 0.539. The standard InChI is InChI=1S/C23H30FN3/c1-2-3-4-5-6-7-8-9-10-11-12-21-18-26-23(27-22(21)24)20-15-13-19(17-25)14-16-20/h13-16,18H,2-12H2,1H3. The van der Waals surface area contributed by atoms with Crippen LogP contribution in [0.5, 0.6) is 0 Å². The fourth-order valence-corrected chi connectivity index (χ4v) is 3.19. The molecule has 0 aliphatic carbocycles. The molecule has 0 spiro atoms. The van der Waals surface area contributed by atoms with E-state index in [-0.39, 0.29) is 0 Å². The van der Waals surface area contributed by atoms with Gasteiger partial charge in [-0.05, 0) is 37.1 Å². The van der Waals surface area contributed by atoms with Crippen LogP contribution in [-0.4, -0.2) is 9.97 Å². The first-order valence-corrected chi connectivity index (χ1v) is 10.3. The maximum atomic E-state index is 14.3. The normalized spacial score (nSPS) is 10.7. The Morgan fingerprint density at radius 2 is 1.48 bits per heavy atom. The molecule has 0 radical (unpaired) electrons. The molecule has 4 heteroatoms. The van der Waals surface area contributed by atoms with E-state index >= 15 is 0 Å². The molecule has 1 aromatic carbocycles. The first kappa shape index (κ1) is 21.0. The van der Waals surface area contributed by atoms with Gasteiger partial charge < -0.3 is 0 Å². The molecule has 0 aliphatic rings. The van der Waals surface area contributed by atoms with Crippen LogP contribution < -0.4 is 0 Å². The molecule has 0 atom stereocenters. The smallest absolute Gasteiger partial charge is 0.219 e. The van der Waals surface area contributed by atoms with Crippen molar-refractivity contribution in [3.05, 3.63) is 47.5 Å². The zero-order valence-electron chi connectivity index (χ0n) is 16.4. The summed E-state index contributed by atoms with van der Waals surface area (Å²) in [7, 11) is 0. The summed E-state index contributed by atoms with van der Waals surface area (Å²) in [5.74, 6) is -0.0657. The highest BCUT2D eigenvalue weighted by atomic mass is 19.1. The van der Waals surface area contributed by atoms with E-state index in [1.807, 2.05) is 0 Å². The molecule has 2 aromatic rings. The van der Waals surface area contributed by atoms with Gasteiger partial charge in [0.25, 0.3) is 0 Å². The number of nitriles is 1. The number of unbranched alkanes of at least 4 members (excludes halogenated alkanes) is 9. The number of hydrogen-bond acceptors (Lipinski definition) is 3. The summed E-state index contributed by atoms with van der Waals surface area (Å²) in [5, 5.41) is 8.83. The molecular formula is C23H30FN3. The van der Waals surface area contributed by atoms with Gasteiger partial charge in [0.1, 0.15) is 0 Å². The second-order valence-corrected chi connectivity index (χ2v) is 7.13. The monoisotopic (exact) mass is 367 g/mol. The lowest BCUT2D eigenvalue weighted by Crippen LogP contribution is -1.99. The summed E-state index contributed by atoms with van der Waals surface area (Å²) in [6.45, 7) is 2.24. The number of aromatic nitrogens is 2. The van der Waals surface area contributed by atoms with E-state index in [2.05, 4.69) is 23.0 Å². The van der Waals surface area contributed by atoms with Gasteiger partial charge in [-0.15, -0.1) is 0 Å². The largest absolute Gasteiger partial charge is 0.236 e. The number of benzene rings is 1. The Morgan fingerprint density at radius 3 is 2.04 bits per heavy atom. The third-order valence-electron chi connectivity index (χ3n) is 4.88. The van der Waals surface area contributed by atoms with Gasteiger partial charge in [0.05, 0.1) is 11.6 Å². The van der Waals surface area contributed by atoms with Crippen LogP contribution in [0.1, 0.15) is 82.3 Å². The Morgan fingerprint density at radius 1 is 0.889 bits per heavy atom. The number of rotatable bonds is 12. The molecule has 1 aromatic heterocycles. The topological polar surface area (TPSA) is 49.6 Å². The molecule has 2 rings (SSSR count). The molecule has 0 N–H and O–H groups in total. The van der Waals surface area contributed by atoms with Gasteiger partial charge in [0.15, 0.2) is 5.82 Å². The third kappa shape index (κ3) is 7.46. The van der Waals surface area contributed by atoms with Crippen LogP contribution in [0.25, 0.3) is 11.4 Å². The van der Waals surface area contributed by atoms with E-state index in [0.717, 1.165) is 18.4 Å². The van der Waals surface area contributed by atoms with Gasteiger partial charge in [-0.2, -0.15) is 14.6 Å². The molecule has 0 saturated carbocycles. The first-order valence-electron chi connectivity index (χ1n) is 10.3. The average Bonchev–Trinajstić information content (AvgIpc) is 2.70. The van der Waals surface area contributed by atoms with Gasteiger partial charge in [0, 0.05) is 17.3 Å². The fraction of sp³-hybridized carbons (Fsp3) is 0.522. The van der Waals surface area contributed by atoms with Crippen molar-refractivity contribution in [2.45, 2.75) is 77.6 Å².